The van der Waals surface area contributed by atoms with Crippen molar-refractivity contribution < 1.29 is 4.79 Å². The molecule has 2 nitrogen and oxygen atoms in total. The number of rotatable bonds is 4. The summed E-state index contributed by atoms with van der Waals surface area (Å²) in [6.07, 6.45) is 7.59. The third-order valence-electron chi connectivity index (χ3n) is 3.74. The fraction of sp³-hybridized carbons (Fsp3) is 0.917. The van der Waals surface area contributed by atoms with Gasteiger partial charge in [-0.1, -0.05) is 6.42 Å². The van der Waals surface area contributed by atoms with Crippen LogP contribution in [-0.2, 0) is 4.79 Å². The Labute approximate surface area is 86.7 Å². The van der Waals surface area contributed by atoms with Crippen molar-refractivity contribution in [1.82, 2.24) is 4.90 Å². The minimum atomic E-state index is 0.357. The first-order valence-corrected chi connectivity index (χ1v) is 5.99. The van der Waals surface area contributed by atoms with Crippen LogP contribution in [0.15, 0.2) is 0 Å². The number of nitrogens with zero attached hydrogens (tertiary/aromatic N) is 1. The minimum Gasteiger partial charge on any atom is -0.300 e. The van der Waals surface area contributed by atoms with Crippen LogP contribution in [0.1, 0.15) is 45.4 Å². The molecule has 80 valence electrons. The van der Waals surface area contributed by atoms with Gasteiger partial charge in [0.15, 0.2) is 0 Å². The van der Waals surface area contributed by atoms with Gasteiger partial charge in [0.2, 0.25) is 0 Å². The smallest absolute Gasteiger partial charge is 0.131 e. The number of carbonyl (C=O) groups excluding carboxylic acids is 1. The highest BCUT2D eigenvalue weighted by molar-refractivity contribution is 5.76. The molecule has 2 aliphatic rings. The summed E-state index contributed by atoms with van der Waals surface area (Å²) in [5.74, 6) is 1.30. The number of likely N-dealkylation sites (tertiary alicyclic amines) is 1. The number of ketones is 1. The van der Waals surface area contributed by atoms with Gasteiger partial charge in [0.1, 0.15) is 5.78 Å². The van der Waals surface area contributed by atoms with Crippen molar-refractivity contribution in [2.24, 2.45) is 5.92 Å². The Kier molecular flexibility index (Phi) is 3.22. The molecule has 1 saturated carbocycles. The number of Topliss-reactive ketones (excluding diaryl/α,β-unsaturated/α-hetero) is 1. The molecule has 0 radical (unpaired) electrons. The number of hydrogen-bond acceptors (Lipinski definition) is 2. The van der Waals surface area contributed by atoms with Crippen LogP contribution >= 0.6 is 0 Å². The normalized spacial score (nSPS) is 29.1. The van der Waals surface area contributed by atoms with Gasteiger partial charge in [0.05, 0.1) is 0 Å². The third kappa shape index (κ3) is 2.35. The van der Waals surface area contributed by atoms with Crippen molar-refractivity contribution in [1.29, 1.82) is 0 Å². The topological polar surface area (TPSA) is 20.3 Å². The van der Waals surface area contributed by atoms with Crippen LogP contribution < -0.4 is 0 Å². The zero-order valence-electron chi connectivity index (χ0n) is 9.17. The molecule has 1 aliphatic heterocycles. The fourth-order valence-corrected chi connectivity index (χ4v) is 2.71. The Hall–Kier alpha value is -0.370. The van der Waals surface area contributed by atoms with Crippen molar-refractivity contribution >= 4 is 5.78 Å². The van der Waals surface area contributed by atoms with E-state index in [1.165, 1.54) is 45.2 Å². The minimum absolute atomic E-state index is 0.357. The summed E-state index contributed by atoms with van der Waals surface area (Å²) in [5.41, 5.74) is 0. The molecule has 0 aromatic rings. The molecule has 1 atom stereocenters. The van der Waals surface area contributed by atoms with Crippen LogP contribution in [0.3, 0.4) is 0 Å². The zero-order chi connectivity index (χ0) is 9.97. The first-order valence-electron chi connectivity index (χ1n) is 5.99. The highest BCUT2D eigenvalue weighted by Crippen LogP contribution is 2.30. The monoisotopic (exact) mass is 195 g/mol. The van der Waals surface area contributed by atoms with Crippen molar-refractivity contribution in [2.45, 2.75) is 51.5 Å². The molecule has 1 unspecified atom stereocenters. The van der Waals surface area contributed by atoms with Gasteiger partial charge in [-0.05, 0) is 45.1 Å². The van der Waals surface area contributed by atoms with E-state index < -0.39 is 0 Å². The average molecular weight is 195 g/mol. The van der Waals surface area contributed by atoms with Crippen LogP contribution in [0, 0.1) is 5.92 Å². The van der Waals surface area contributed by atoms with Crippen molar-refractivity contribution in [3.63, 3.8) is 0 Å². The van der Waals surface area contributed by atoms with Crippen LogP contribution in [0.2, 0.25) is 0 Å². The van der Waals surface area contributed by atoms with Crippen LogP contribution in [0.4, 0.5) is 0 Å². The van der Waals surface area contributed by atoms with E-state index in [0.29, 0.717) is 11.8 Å². The maximum Gasteiger partial charge on any atom is 0.131 e. The van der Waals surface area contributed by atoms with E-state index in [9.17, 15) is 4.79 Å². The van der Waals surface area contributed by atoms with Gasteiger partial charge in [-0.3, -0.25) is 9.69 Å². The highest BCUT2D eigenvalue weighted by atomic mass is 16.1. The molecular formula is C12H21NO. The highest BCUT2D eigenvalue weighted by Gasteiger charge is 2.29. The van der Waals surface area contributed by atoms with Gasteiger partial charge in [0, 0.05) is 19.0 Å². The summed E-state index contributed by atoms with van der Waals surface area (Å²) in [5, 5.41) is 0. The van der Waals surface area contributed by atoms with Gasteiger partial charge in [-0.25, -0.2) is 0 Å². The molecule has 2 fully saturated rings. The maximum absolute atomic E-state index is 11.1. The standard InChI is InChI=1S/C12H21NO/c1-10(14)8-12-6-3-7-13(12)9-11-4-2-5-11/h11-12H,2-9H2,1H3. The zero-order valence-corrected chi connectivity index (χ0v) is 9.17. The number of hydrogen-bond donors (Lipinski definition) is 0. The predicted molar refractivity (Wildman–Crippen MR) is 57.2 cm³/mol. The largest absolute Gasteiger partial charge is 0.300 e. The lowest BCUT2D eigenvalue weighted by atomic mass is 9.85. The summed E-state index contributed by atoms with van der Waals surface area (Å²) in [7, 11) is 0. The van der Waals surface area contributed by atoms with E-state index >= 15 is 0 Å². The van der Waals surface area contributed by atoms with E-state index in [-0.39, 0.29) is 0 Å². The quantitative estimate of drug-likeness (QED) is 0.685. The Morgan fingerprint density at radius 3 is 2.64 bits per heavy atom. The summed E-state index contributed by atoms with van der Waals surface area (Å²) >= 11 is 0. The van der Waals surface area contributed by atoms with Gasteiger partial charge >= 0.3 is 0 Å². The third-order valence-corrected chi connectivity index (χ3v) is 3.74. The molecule has 0 spiro atoms. The molecule has 0 amide bonds. The lowest BCUT2D eigenvalue weighted by Crippen LogP contribution is -2.37. The summed E-state index contributed by atoms with van der Waals surface area (Å²) in [6, 6.07) is 0.577. The van der Waals surface area contributed by atoms with E-state index in [0.717, 1.165) is 12.3 Å². The van der Waals surface area contributed by atoms with Crippen LogP contribution in [0.25, 0.3) is 0 Å². The Morgan fingerprint density at radius 1 is 1.29 bits per heavy atom. The van der Waals surface area contributed by atoms with Crippen LogP contribution in [0.5, 0.6) is 0 Å². The van der Waals surface area contributed by atoms with Crippen molar-refractivity contribution in [3.05, 3.63) is 0 Å². The van der Waals surface area contributed by atoms with E-state index in [1.807, 2.05) is 0 Å². The van der Waals surface area contributed by atoms with E-state index in [1.54, 1.807) is 6.92 Å². The Balaban J connectivity index is 1.79. The molecular weight excluding hydrogens is 174 g/mol. The SMILES string of the molecule is CC(=O)CC1CCCN1CC1CCC1. The second kappa shape index (κ2) is 4.43. The fourth-order valence-electron chi connectivity index (χ4n) is 2.71. The Morgan fingerprint density at radius 2 is 2.07 bits per heavy atom. The maximum atomic E-state index is 11.1. The molecule has 0 aromatic heterocycles. The number of carbonyl (C=O) groups is 1. The summed E-state index contributed by atoms with van der Waals surface area (Å²) in [4.78, 5) is 13.6. The van der Waals surface area contributed by atoms with Gasteiger partial charge in [0.25, 0.3) is 0 Å². The summed E-state index contributed by atoms with van der Waals surface area (Å²) in [6.45, 7) is 4.21. The molecule has 1 heterocycles. The second-order valence-electron chi connectivity index (χ2n) is 4.99. The van der Waals surface area contributed by atoms with Crippen molar-refractivity contribution in [3.8, 4) is 0 Å². The van der Waals surface area contributed by atoms with Gasteiger partial charge in [-0.2, -0.15) is 0 Å². The van der Waals surface area contributed by atoms with Crippen molar-refractivity contribution in [2.75, 3.05) is 13.1 Å². The van der Waals surface area contributed by atoms with E-state index in [2.05, 4.69) is 4.90 Å². The molecule has 14 heavy (non-hydrogen) atoms. The van der Waals surface area contributed by atoms with Crippen LogP contribution in [-0.4, -0.2) is 29.8 Å². The molecule has 2 rings (SSSR count). The average Bonchev–Trinajstić information content (AvgIpc) is 2.44. The Bertz CT molecular complexity index is 210. The molecule has 0 N–H and O–H groups in total. The molecule has 0 aromatic carbocycles. The lowest BCUT2D eigenvalue weighted by molar-refractivity contribution is -0.118. The van der Waals surface area contributed by atoms with Gasteiger partial charge in [-0.15, -0.1) is 0 Å². The van der Waals surface area contributed by atoms with Gasteiger partial charge < -0.3 is 0 Å². The molecule has 1 saturated heterocycles. The second-order valence-corrected chi connectivity index (χ2v) is 4.99. The first kappa shape index (κ1) is 10.2. The summed E-state index contributed by atoms with van der Waals surface area (Å²) < 4.78 is 0. The predicted octanol–water partition coefficient (Wildman–Crippen LogP) is 2.23. The van der Waals surface area contributed by atoms with E-state index in [4.69, 9.17) is 0 Å². The first-order chi connectivity index (χ1) is 6.75. The molecule has 1 aliphatic carbocycles. The lowest BCUT2D eigenvalue weighted by Gasteiger charge is -2.33. The molecule has 0 bridgehead atoms. The molecule has 2 heteroatoms.